The molecule has 0 aliphatic rings. The predicted molar refractivity (Wildman–Crippen MR) is 110 cm³/mol. The van der Waals surface area contributed by atoms with Crippen LogP contribution in [0.2, 0.25) is 0 Å². The van der Waals surface area contributed by atoms with E-state index in [9.17, 15) is 14.4 Å². The number of hydrogen-bond acceptors (Lipinski definition) is 6. The first-order valence-electron chi connectivity index (χ1n) is 9.39. The molecule has 9 heteroatoms. The molecule has 0 aliphatic carbocycles. The number of unbranched alkanes of at least 4 members (excludes halogenated alkanes) is 1. The third-order valence-electron chi connectivity index (χ3n) is 4.62. The number of furan rings is 1. The van der Waals surface area contributed by atoms with E-state index in [0.29, 0.717) is 18.5 Å². The van der Waals surface area contributed by atoms with Crippen LogP contribution in [0.15, 0.2) is 44.3 Å². The summed E-state index contributed by atoms with van der Waals surface area (Å²) in [4.78, 5) is 41.4. The summed E-state index contributed by atoms with van der Waals surface area (Å²) >= 11 is 0. The van der Waals surface area contributed by atoms with E-state index < -0.39 is 17.2 Å². The lowest BCUT2D eigenvalue weighted by atomic mass is 10.2. The largest absolute Gasteiger partial charge is 0.451 e. The molecule has 29 heavy (non-hydrogen) atoms. The van der Waals surface area contributed by atoms with Crippen molar-refractivity contribution in [2.75, 3.05) is 30.9 Å². The number of anilines is 2. The van der Waals surface area contributed by atoms with Crippen molar-refractivity contribution in [3.05, 3.63) is 56.9 Å². The number of aromatic amines is 1. The van der Waals surface area contributed by atoms with E-state index in [0.717, 1.165) is 11.8 Å². The SMILES string of the molecule is CCCCn1c(N)c(N(CCOC)C(=O)c2cc3ccccc3o2)c(=O)[nH]c1=O. The lowest BCUT2D eigenvalue weighted by Gasteiger charge is -2.23. The molecule has 2 aromatic heterocycles. The summed E-state index contributed by atoms with van der Waals surface area (Å²) in [5.74, 6) is -0.545. The normalized spacial score (nSPS) is 11.1. The van der Waals surface area contributed by atoms with Crippen LogP contribution >= 0.6 is 0 Å². The van der Waals surface area contributed by atoms with Crippen molar-refractivity contribution >= 4 is 28.4 Å². The number of rotatable bonds is 8. The van der Waals surface area contributed by atoms with Crippen molar-refractivity contribution < 1.29 is 13.9 Å². The number of fused-ring (bicyclic) bond motifs is 1. The van der Waals surface area contributed by atoms with Crippen LogP contribution in [0.1, 0.15) is 30.3 Å². The van der Waals surface area contributed by atoms with Gasteiger partial charge >= 0.3 is 5.69 Å². The number of nitrogen functional groups attached to an aromatic ring is 1. The molecule has 0 radical (unpaired) electrons. The Morgan fingerprint density at radius 3 is 2.76 bits per heavy atom. The van der Waals surface area contributed by atoms with Crippen LogP contribution in [0.3, 0.4) is 0 Å². The molecule has 1 aromatic carbocycles. The van der Waals surface area contributed by atoms with Crippen molar-refractivity contribution in [2.24, 2.45) is 0 Å². The van der Waals surface area contributed by atoms with Gasteiger partial charge in [0.25, 0.3) is 11.5 Å². The van der Waals surface area contributed by atoms with Gasteiger partial charge in [-0.25, -0.2) is 4.79 Å². The number of benzene rings is 1. The summed E-state index contributed by atoms with van der Waals surface area (Å²) in [5.41, 5.74) is 5.29. The summed E-state index contributed by atoms with van der Waals surface area (Å²) in [6, 6.07) is 8.81. The maximum atomic E-state index is 13.2. The number of para-hydroxylation sites is 1. The third kappa shape index (κ3) is 4.09. The van der Waals surface area contributed by atoms with Crippen LogP contribution in [0.4, 0.5) is 11.5 Å². The number of methoxy groups -OCH3 is 1. The molecule has 3 rings (SSSR count). The number of nitrogens with zero attached hydrogens (tertiary/aromatic N) is 2. The van der Waals surface area contributed by atoms with E-state index in [1.807, 2.05) is 19.1 Å². The molecular weight excluding hydrogens is 376 g/mol. The van der Waals surface area contributed by atoms with Gasteiger partial charge in [-0.05, 0) is 18.6 Å². The molecule has 2 heterocycles. The smallest absolute Gasteiger partial charge is 0.330 e. The van der Waals surface area contributed by atoms with Gasteiger partial charge in [-0.3, -0.25) is 24.0 Å². The average molecular weight is 400 g/mol. The molecule has 0 saturated carbocycles. The number of hydrogen-bond donors (Lipinski definition) is 2. The first kappa shape index (κ1) is 20.4. The zero-order valence-electron chi connectivity index (χ0n) is 16.4. The quantitative estimate of drug-likeness (QED) is 0.596. The lowest BCUT2D eigenvalue weighted by molar-refractivity contribution is 0.0951. The highest BCUT2D eigenvalue weighted by Gasteiger charge is 2.27. The standard InChI is InChI=1S/C20H24N4O5/c1-3-4-9-24-17(21)16(18(25)22-20(24)27)23(10-11-28-2)19(26)15-12-13-7-5-6-8-14(13)29-15/h5-8,12H,3-4,9-11,21H2,1-2H3,(H,22,25,27). The van der Waals surface area contributed by atoms with Crippen molar-refractivity contribution in [1.82, 2.24) is 9.55 Å². The highest BCUT2D eigenvalue weighted by Crippen LogP contribution is 2.24. The topological polar surface area (TPSA) is 124 Å². The lowest BCUT2D eigenvalue weighted by Crippen LogP contribution is -2.42. The molecular formula is C20H24N4O5. The fourth-order valence-electron chi connectivity index (χ4n) is 3.09. The maximum absolute atomic E-state index is 13.2. The van der Waals surface area contributed by atoms with Gasteiger partial charge in [-0.2, -0.15) is 0 Å². The molecule has 0 saturated heterocycles. The summed E-state index contributed by atoms with van der Waals surface area (Å²) in [7, 11) is 1.49. The fraction of sp³-hybridized carbons (Fsp3) is 0.350. The number of nitrogens with two attached hydrogens (primary N) is 1. The van der Waals surface area contributed by atoms with E-state index in [1.165, 1.54) is 16.6 Å². The van der Waals surface area contributed by atoms with Gasteiger partial charge in [0.05, 0.1) is 13.2 Å². The second-order valence-electron chi connectivity index (χ2n) is 6.60. The monoisotopic (exact) mass is 400 g/mol. The molecule has 0 spiro atoms. The number of ether oxygens (including phenoxy) is 1. The van der Waals surface area contributed by atoms with Gasteiger partial charge in [0.1, 0.15) is 11.4 Å². The number of amides is 1. The van der Waals surface area contributed by atoms with Gasteiger partial charge < -0.3 is 14.9 Å². The summed E-state index contributed by atoms with van der Waals surface area (Å²) in [5, 5.41) is 0.761. The Morgan fingerprint density at radius 1 is 1.31 bits per heavy atom. The summed E-state index contributed by atoms with van der Waals surface area (Å²) in [6.45, 7) is 2.54. The molecule has 154 valence electrons. The summed E-state index contributed by atoms with van der Waals surface area (Å²) in [6.07, 6.45) is 1.54. The van der Waals surface area contributed by atoms with Crippen molar-refractivity contribution in [1.29, 1.82) is 0 Å². The Balaban J connectivity index is 2.10. The van der Waals surface area contributed by atoms with E-state index in [2.05, 4.69) is 4.98 Å². The highest BCUT2D eigenvalue weighted by atomic mass is 16.5. The predicted octanol–water partition coefficient (Wildman–Crippen LogP) is 1.96. The van der Waals surface area contributed by atoms with Crippen LogP contribution in [-0.4, -0.2) is 35.7 Å². The van der Waals surface area contributed by atoms with E-state index >= 15 is 0 Å². The average Bonchev–Trinajstić information content (AvgIpc) is 3.14. The number of aromatic nitrogens is 2. The van der Waals surface area contributed by atoms with Crippen LogP contribution in [0.5, 0.6) is 0 Å². The van der Waals surface area contributed by atoms with E-state index in [4.69, 9.17) is 14.9 Å². The first-order valence-corrected chi connectivity index (χ1v) is 9.39. The molecule has 0 fully saturated rings. The molecule has 3 N–H and O–H groups in total. The van der Waals surface area contributed by atoms with Gasteiger partial charge in [0.2, 0.25) is 0 Å². The Bertz CT molecular complexity index is 1090. The molecule has 1 amide bonds. The Hall–Kier alpha value is -3.33. The molecule has 0 aliphatic heterocycles. The number of nitrogens with one attached hydrogen (secondary N) is 1. The Kier molecular flexibility index (Phi) is 6.18. The molecule has 0 atom stereocenters. The molecule has 0 unspecified atom stereocenters. The van der Waals surface area contributed by atoms with Gasteiger partial charge in [0.15, 0.2) is 11.4 Å². The van der Waals surface area contributed by atoms with Gasteiger partial charge in [-0.15, -0.1) is 0 Å². The van der Waals surface area contributed by atoms with Crippen molar-refractivity contribution in [2.45, 2.75) is 26.3 Å². The van der Waals surface area contributed by atoms with E-state index in [1.54, 1.807) is 18.2 Å². The minimum atomic E-state index is -0.735. The third-order valence-corrected chi connectivity index (χ3v) is 4.62. The fourth-order valence-corrected chi connectivity index (χ4v) is 3.09. The zero-order valence-corrected chi connectivity index (χ0v) is 16.4. The molecule has 9 nitrogen and oxygen atoms in total. The Morgan fingerprint density at radius 2 is 2.07 bits per heavy atom. The molecule has 3 aromatic rings. The van der Waals surface area contributed by atoms with Crippen molar-refractivity contribution in [3.63, 3.8) is 0 Å². The number of carbonyl (C=O) groups excluding carboxylic acids is 1. The van der Waals surface area contributed by atoms with Crippen LogP contribution in [0.25, 0.3) is 11.0 Å². The van der Waals surface area contributed by atoms with Crippen molar-refractivity contribution in [3.8, 4) is 0 Å². The van der Waals surface area contributed by atoms with Gasteiger partial charge in [-0.1, -0.05) is 31.5 Å². The van der Waals surface area contributed by atoms with E-state index in [-0.39, 0.29) is 30.4 Å². The highest BCUT2D eigenvalue weighted by molar-refractivity contribution is 6.07. The van der Waals surface area contributed by atoms with Gasteiger partial charge in [0, 0.05) is 19.0 Å². The minimum absolute atomic E-state index is 0.0612. The second kappa shape index (κ2) is 8.78. The zero-order chi connectivity index (χ0) is 21.0. The summed E-state index contributed by atoms with van der Waals surface area (Å²) < 4.78 is 12.0. The second-order valence-corrected chi connectivity index (χ2v) is 6.60. The number of carbonyl (C=O) groups is 1. The van der Waals surface area contributed by atoms with Crippen LogP contribution in [-0.2, 0) is 11.3 Å². The number of H-pyrrole nitrogens is 1. The van der Waals surface area contributed by atoms with Crippen LogP contribution < -0.4 is 21.9 Å². The Labute approximate surface area is 166 Å². The van der Waals surface area contributed by atoms with Crippen LogP contribution in [0, 0.1) is 0 Å². The minimum Gasteiger partial charge on any atom is -0.451 e. The molecule has 0 bridgehead atoms. The maximum Gasteiger partial charge on any atom is 0.330 e. The first-order chi connectivity index (χ1) is 14.0.